The first-order chi connectivity index (χ1) is 21.6. The van der Waals surface area contributed by atoms with Crippen molar-refractivity contribution in [2.75, 3.05) is 13.7 Å². The highest BCUT2D eigenvalue weighted by molar-refractivity contribution is 7.07. The molecule has 5 rings (SSSR count). The Labute approximate surface area is 274 Å². The molecule has 1 aliphatic rings. The van der Waals surface area contributed by atoms with E-state index in [2.05, 4.69) is 4.99 Å². The minimum atomic E-state index is -0.832. The summed E-state index contributed by atoms with van der Waals surface area (Å²) >= 11 is 14.2. The number of esters is 1. The highest BCUT2D eigenvalue weighted by Crippen LogP contribution is 2.37. The second-order valence-corrected chi connectivity index (χ2v) is 12.3. The number of aromatic nitrogens is 1. The lowest BCUT2D eigenvalue weighted by Gasteiger charge is -2.25. The SMILES string of the molecule is CCOC(=O)C1=C(C)N=c2s/c(=C/c3cc(Cl)cc(Cl)c3OCc3ccccc3)c(=O)n2[C@H]1c1ccc(OC(C)C)c(OC)c1. The third-order valence-corrected chi connectivity index (χ3v) is 8.41. The smallest absolute Gasteiger partial charge is 0.338 e. The molecule has 8 nitrogen and oxygen atoms in total. The van der Waals surface area contributed by atoms with Crippen molar-refractivity contribution in [3.8, 4) is 17.2 Å². The summed E-state index contributed by atoms with van der Waals surface area (Å²) in [7, 11) is 1.54. The highest BCUT2D eigenvalue weighted by atomic mass is 35.5. The molecular weight excluding hydrogens is 635 g/mol. The summed E-state index contributed by atoms with van der Waals surface area (Å²) in [4.78, 5) is 32.6. The molecule has 0 amide bonds. The Kier molecular flexibility index (Phi) is 10.0. The molecule has 11 heteroatoms. The van der Waals surface area contributed by atoms with Crippen LogP contribution in [0.5, 0.6) is 17.2 Å². The van der Waals surface area contributed by atoms with Gasteiger partial charge in [0.05, 0.1) is 46.7 Å². The first-order valence-electron chi connectivity index (χ1n) is 14.3. The summed E-state index contributed by atoms with van der Waals surface area (Å²) < 4.78 is 24.9. The Hall–Kier alpha value is -4.05. The standard InChI is InChI=1S/C34H32Cl2N2O6S/c1-6-42-33(40)29-20(4)37-34-38(30(29)22-12-13-26(44-19(2)3)27(15-22)41-5)32(39)28(45-34)16-23-14-24(35)17-25(36)31(23)43-18-21-10-8-7-9-11-21/h7-17,19,30H,6,18H2,1-5H3/b28-16+/t30-/m0/s1. The third kappa shape index (κ3) is 6.96. The number of carbonyl (C=O) groups is 1. The van der Waals surface area contributed by atoms with Crippen molar-refractivity contribution in [3.05, 3.63) is 118 Å². The first kappa shape index (κ1) is 32.3. The molecule has 0 fully saturated rings. The molecule has 0 spiro atoms. The molecule has 0 saturated heterocycles. The average Bonchev–Trinajstić information content (AvgIpc) is 3.30. The van der Waals surface area contributed by atoms with Crippen molar-refractivity contribution in [3.63, 3.8) is 0 Å². The van der Waals surface area contributed by atoms with Crippen LogP contribution in [0.15, 0.2) is 81.7 Å². The van der Waals surface area contributed by atoms with E-state index in [-0.39, 0.29) is 30.5 Å². The molecule has 0 radical (unpaired) electrons. The molecule has 0 bridgehead atoms. The van der Waals surface area contributed by atoms with Crippen LogP contribution in [-0.2, 0) is 16.1 Å². The fourth-order valence-electron chi connectivity index (χ4n) is 5.02. The van der Waals surface area contributed by atoms with Crippen LogP contribution >= 0.6 is 34.5 Å². The molecule has 2 heterocycles. The number of methoxy groups -OCH3 is 1. The van der Waals surface area contributed by atoms with Crippen LogP contribution in [-0.4, -0.2) is 30.4 Å². The summed E-state index contributed by atoms with van der Waals surface area (Å²) in [5.74, 6) is 0.844. The van der Waals surface area contributed by atoms with Gasteiger partial charge in [-0.25, -0.2) is 9.79 Å². The van der Waals surface area contributed by atoms with E-state index >= 15 is 0 Å². The number of benzene rings is 3. The van der Waals surface area contributed by atoms with Crippen molar-refractivity contribution in [2.24, 2.45) is 4.99 Å². The lowest BCUT2D eigenvalue weighted by atomic mass is 9.95. The van der Waals surface area contributed by atoms with E-state index in [1.54, 1.807) is 51.3 Å². The Morgan fingerprint density at radius 1 is 1.09 bits per heavy atom. The Balaban J connectivity index is 1.67. The number of hydrogen-bond donors (Lipinski definition) is 0. The molecule has 3 aromatic carbocycles. The van der Waals surface area contributed by atoms with E-state index in [0.717, 1.165) is 5.56 Å². The Morgan fingerprint density at radius 3 is 2.53 bits per heavy atom. The molecule has 45 heavy (non-hydrogen) atoms. The summed E-state index contributed by atoms with van der Waals surface area (Å²) in [5, 5.41) is 0.701. The number of ether oxygens (including phenoxy) is 4. The fraction of sp³-hybridized carbons (Fsp3) is 0.265. The largest absolute Gasteiger partial charge is 0.493 e. The fourth-order valence-corrected chi connectivity index (χ4v) is 6.62. The summed E-state index contributed by atoms with van der Waals surface area (Å²) in [6, 6.07) is 17.5. The van der Waals surface area contributed by atoms with Gasteiger partial charge in [0.25, 0.3) is 5.56 Å². The highest BCUT2D eigenvalue weighted by Gasteiger charge is 2.34. The van der Waals surface area contributed by atoms with Crippen molar-refractivity contribution < 1.29 is 23.7 Å². The summed E-state index contributed by atoms with van der Waals surface area (Å²) in [6.07, 6.45) is 1.60. The first-order valence-corrected chi connectivity index (χ1v) is 15.9. The lowest BCUT2D eigenvalue weighted by molar-refractivity contribution is -0.139. The Bertz CT molecular complexity index is 1950. The van der Waals surface area contributed by atoms with Gasteiger partial charge >= 0.3 is 5.97 Å². The number of carbonyl (C=O) groups excluding carboxylic acids is 1. The number of nitrogens with zero attached hydrogens (tertiary/aromatic N) is 2. The predicted molar refractivity (Wildman–Crippen MR) is 176 cm³/mol. The van der Waals surface area contributed by atoms with Gasteiger partial charge in [-0.2, -0.15) is 0 Å². The van der Waals surface area contributed by atoms with Gasteiger partial charge < -0.3 is 18.9 Å². The van der Waals surface area contributed by atoms with E-state index in [0.29, 0.717) is 53.5 Å². The second-order valence-electron chi connectivity index (χ2n) is 10.5. The van der Waals surface area contributed by atoms with E-state index in [4.69, 9.17) is 42.1 Å². The molecule has 0 aliphatic carbocycles. The third-order valence-electron chi connectivity index (χ3n) is 6.93. The number of allylic oxidation sites excluding steroid dienone is 1. The molecule has 1 aromatic heterocycles. The number of thiazole rings is 1. The van der Waals surface area contributed by atoms with Gasteiger partial charge in [-0.15, -0.1) is 0 Å². The van der Waals surface area contributed by atoms with Gasteiger partial charge in [-0.05, 0) is 69.2 Å². The molecular formula is C34H32Cl2N2O6S. The summed E-state index contributed by atoms with van der Waals surface area (Å²) in [5.41, 5.74) is 2.47. The van der Waals surface area contributed by atoms with Gasteiger partial charge in [0.1, 0.15) is 12.4 Å². The van der Waals surface area contributed by atoms with Crippen LogP contribution in [0, 0.1) is 0 Å². The molecule has 0 saturated carbocycles. The monoisotopic (exact) mass is 666 g/mol. The van der Waals surface area contributed by atoms with Crippen molar-refractivity contribution in [2.45, 2.75) is 46.4 Å². The minimum Gasteiger partial charge on any atom is -0.493 e. The van der Waals surface area contributed by atoms with Gasteiger partial charge in [0.15, 0.2) is 16.3 Å². The zero-order chi connectivity index (χ0) is 32.2. The zero-order valence-corrected chi connectivity index (χ0v) is 27.8. The van der Waals surface area contributed by atoms with Gasteiger partial charge in [0.2, 0.25) is 0 Å². The van der Waals surface area contributed by atoms with E-state index in [1.165, 1.54) is 15.9 Å². The minimum absolute atomic E-state index is 0.0822. The molecule has 0 N–H and O–H groups in total. The molecule has 1 aliphatic heterocycles. The normalized spacial score (nSPS) is 14.7. The van der Waals surface area contributed by atoms with Crippen molar-refractivity contribution in [1.29, 1.82) is 0 Å². The van der Waals surface area contributed by atoms with Crippen molar-refractivity contribution >= 4 is 46.6 Å². The van der Waals surface area contributed by atoms with Crippen LogP contribution in [0.4, 0.5) is 0 Å². The van der Waals surface area contributed by atoms with Crippen LogP contribution in [0.3, 0.4) is 0 Å². The molecule has 234 valence electrons. The zero-order valence-electron chi connectivity index (χ0n) is 25.4. The van der Waals surface area contributed by atoms with Crippen LogP contribution in [0.1, 0.15) is 50.4 Å². The van der Waals surface area contributed by atoms with Gasteiger partial charge in [0, 0.05) is 10.6 Å². The molecule has 1 atom stereocenters. The number of hydrogen-bond acceptors (Lipinski definition) is 8. The number of fused-ring (bicyclic) bond motifs is 1. The van der Waals surface area contributed by atoms with Gasteiger partial charge in [-0.1, -0.05) is 70.9 Å². The van der Waals surface area contributed by atoms with Crippen molar-refractivity contribution in [1.82, 2.24) is 4.57 Å². The average molecular weight is 668 g/mol. The van der Waals surface area contributed by atoms with Crippen LogP contribution in [0.2, 0.25) is 10.0 Å². The lowest BCUT2D eigenvalue weighted by Crippen LogP contribution is -2.40. The van der Waals surface area contributed by atoms with E-state index in [1.807, 2.05) is 50.2 Å². The van der Waals surface area contributed by atoms with E-state index < -0.39 is 12.0 Å². The topological polar surface area (TPSA) is 88.4 Å². The number of halogens is 2. The quantitative estimate of drug-likeness (QED) is 0.180. The number of rotatable bonds is 10. The maximum absolute atomic E-state index is 14.2. The summed E-state index contributed by atoms with van der Waals surface area (Å²) in [6.45, 7) is 7.73. The van der Waals surface area contributed by atoms with Crippen LogP contribution < -0.4 is 29.1 Å². The van der Waals surface area contributed by atoms with E-state index in [9.17, 15) is 9.59 Å². The maximum atomic E-state index is 14.2. The second kappa shape index (κ2) is 13.9. The maximum Gasteiger partial charge on any atom is 0.338 e. The molecule has 4 aromatic rings. The molecule has 0 unspecified atom stereocenters. The van der Waals surface area contributed by atoms with Crippen LogP contribution in [0.25, 0.3) is 6.08 Å². The Morgan fingerprint density at radius 2 is 1.84 bits per heavy atom. The predicted octanol–water partition coefficient (Wildman–Crippen LogP) is 6.48. The van der Waals surface area contributed by atoms with Gasteiger partial charge in [-0.3, -0.25) is 9.36 Å².